The average molecular weight is 583 g/mol. The predicted octanol–water partition coefficient (Wildman–Crippen LogP) is 5.68. The number of amides is 3. The van der Waals surface area contributed by atoms with Gasteiger partial charge in [0.2, 0.25) is 17.7 Å². The number of fused-ring (bicyclic) bond motifs is 1. The van der Waals surface area contributed by atoms with Gasteiger partial charge in [0.25, 0.3) is 0 Å². The third-order valence-corrected chi connectivity index (χ3v) is 9.84. The number of carbonyl (C=O) groups is 3. The average Bonchev–Trinajstić information content (AvgIpc) is 3.52. The van der Waals surface area contributed by atoms with E-state index < -0.39 is 35.1 Å². The highest BCUT2D eigenvalue weighted by Crippen LogP contribution is 2.61. The summed E-state index contributed by atoms with van der Waals surface area (Å²) >= 11 is 12.2. The van der Waals surface area contributed by atoms with Gasteiger partial charge in [-0.25, -0.2) is 0 Å². The van der Waals surface area contributed by atoms with E-state index in [1.54, 1.807) is 23.1 Å². The van der Waals surface area contributed by atoms with E-state index in [1.165, 1.54) is 0 Å². The zero-order chi connectivity index (χ0) is 28.2. The molecule has 1 saturated carbocycles. The maximum Gasteiger partial charge on any atom is 0.246 e. The Labute approximate surface area is 244 Å². The number of benzene rings is 2. The summed E-state index contributed by atoms with van der Waals surface area (Å²) in [5.41, 5.74) is -0.932. The highest BCUT2D eigenvalue weighted by atomic mass is 35.5. The van der Waals surface area contributed by atoms with Crippen LogP contribution in [0.3, 0.4) is 0 Å². The minimum atomic E-state index is -1.26. The minimum absolute atomic E-state index is 0.0626. The van der Waals surface area contributed by atoms with Crippen LogP contribution in [0.1, 0.15) is 57.6 Å². The Morgan fingerprint density at radius 3 is 2.42 bits per heavy atom. The van der Waals surface area contributed by atoms with Crippen LogP contribution in [0.15, 0.2) is 60.7 Å². The molecule has 3 aliphatic heterocycles. The molecule has 3 fully saturated rings. The lowest BCUT2D eigenvalue weighted by Gasteiger charge is -2.37. The van der Waals surface area contributed by atoms with Gasteiger partial charge in [0.15, 0.2) is 0 Å². The maximum atomic E-state index is 14.4. The van der Waals surface area contributed by atoms with Crippen molar-refractivity contribution in [2.45, 2.75) is 75.3 Å². The number of nitrogens with one attached hydrogen (secondary N) is 2. The Morgan fingerprint density at radius 2 is 1.73 bits per heavy atom. The van der Waals surface area contributed by atoms with Crippen LogP contribution in [0.2, 0.25) is 10.0 Å². The van der Waals surface area contributed by atoms with E-state index in [0.717, 1.165) is 37.7 Å². The molecule has 1 spiro atoms. The Balaban J connectivity index is 1.38. The fourth-order valence-corrected chi connectivity index (χ4v) is 7.50. The molecule has 4 aliphatic rings. The normalized spacial score (nSPS) is 31.8. The van der Waals surface area contributed by atoms with Gasteiger partial charge in [0.05, 0.1) is 33.5 Å². The lowest BCUT2D eigenvalue weighted by molar-refractivity contribution is -0.146. The van der Waals surface area contributed by atoms with Crippen molar-refractivity contribution in [3.05, 3.63) is 76.3 Å². The summed E-state index contributed by atoms with van der Waals surface area (Å²) in [4.78, 5) is 44.0. The van der Waals surface area contributed by atoms with Crippen LogP contribution in [-0.4, -0.2) is 45.9 Å². The molecule has 0 radical (unpaired) electrons. The third kappa shape index (κ3) is 4.34. The standard InChI is InChI=1S/C31H33Cl2N3O4/c1-18(19-9-5-3-6-10-19)36-26(28(38)34-20-11-7-4-8-12-20)31-16-15-30(2,40-31)24(25(31)29(36)39)27(37)35-21-13-14-22(32)23(33)17-21/h3,5-6,9-10,13-18,20,24-26H,4,7-8,11-12H2,1-2H3,(H,34,38)(H,35,37)/t18?,24?,25-,26?,30-,31?/m0/s1. The van der Waals surface area contributed by atoms with Gasteiger partial charge in [-0.05, 0) is 50.5 Å². The molecule has 210 valence electrons. The van der Waals surface area contributed by atoms with Crippen LogP contribution in [0.25, 0.3) is 0 Å². The molecule has 40 heavy (non-hydrogen) atoms. The first-order valence-corrected chi connectivity index (χ1v) is 14.7. The number of ether oxygens (including phenoxy) is 1. The van der Waals surface area contributed by atoms with Crippen LogP contribution < -0.4 is 10.6 Å². The smallest absolute Gasteiger partial charge is 0.246 e. The van der Waals surface area contributed by atoms with Crippen molar-refractivity contribution in [1.82, 2.24) is 10.2 Å². The number of halogens is 2. The lowest BCUT2D eigenvalue weighted by atomic mass is 9.70. The third-order valence-electron chi connectivity index (χ3n) is 9.10. The van der Waals surface area contributed by atoms with E-state index in [4.69, 9.17) is 27.9 Å². The molecule has 4 unspecified atom stereocenters. The summed E-state index contributed by atoms with van der Waals surface area (Å²) in [5.74, 6) is -2.57. The molecule has 2 aromatic rings. The van der Waals surface area contributed by atoms with Crippen molar-refractivity contribution >= 4 is 46.6 Å². The fourth-order valence-electron chi connectivity index (χ4n) is 7.20. The van der Waals surface area contributed by atoms with Crippen molar-refractivity contribution in [2.24, 2.45) is 11.8 Å². The van der Waals surface area contributed by atoms with Gasteiger partial charge in [-0.15, -0.1) is 0 Å². The van der Waals surface area contributed by atoms with Crippen molar-refractivity contribution < 1.29 is 19.1 Å². The quantitative estimate of drug-likeness (QED) is 0.429. The molecule has 2 bridgehead atoms. The molecule has 0 aromatic heterocycles. The van der Waals surface area contributed by atoms with Gasteiger partial charge in [-0.3, -0.25) is 14.4 Å². The number of nitrogens with zero attached hydrogens (tertiary/aromatic N) is 1. The Bertz CT molecular complexity index is 1380. The lowest BCUT2D eigenvalue weighted by Crippen LogP contribution is -2.57. The van der Waals surface area contributed by atoms with E-state index in [0.29, 0.717) is 15.7 Å². The van der Waals surface area contributed by atoms with E-state index in [9.17, 15) is 14.4 Å². The zero-order valence-electron chi connectivity index (χ0n) is 22.5. The first-order valence-electron chi connectivity index (χ1n) is 14.0. The minimum Gasteiger partial charge on any atom is -0.356 e. The molecular formula is C31H33Cl2N3O4. The van der Waals surface area contributed by atoms with Gasteiger partial charge >= 0.3 is 0 Å². The highest BCUT2D eigenvalue weighted by Gasteiger charge is 2.76. The van der Waals surface area contributed by atoms with E-state index in [-0.39, 0.29) is 23.8 Å². The molecule has 1 aliphatic carbocycles. The van der Waals surface area contributed by atoms with Crippen molar-refractivity contribution in [1.29, 1.82) is 0 Å². The SMILES string of the molecule is CC(c1ccccc1)N1C(=O)[C@@H]2C(C(=O)Nc3ccc(Cl)c(Cl)c3)[C@]3(C)C=CC2(O3)C1C(=O)NC1CCCCC1. The molecule has 6 atom stereocenters. The van der Waals surface area contributed by atoms with Crippen molar-refractivity contribution in [3.8, 4) is 0 Å². The zero-order valence-corrected chi connectivity index (χ0v) is 24.0. The number of anilines is 1. The second-order valence-corrected chi connectivity index (χ2v) is 12.4. The summed E-state index contributed by atoms with van der Waals surface area (Å²) < 4.78 is 6.65. The first kappa shape index (κ1) is 27.3. The van der Waals surface area contributed by atoms with Gasteiger partial charge in [0.1, 0.15) is 11.6 Å². The van der Waals surface area contributed by atoms with Gasteiger partial charge in [-0.1, -0.05) is 84.9 Å². The Kier molecular flexibility index (Phi) is 6.96. The predicted molar refractivity (Wildman–Crippen MR) is 154 cm³/mol. The monoisotopic (exact) mass is 581 g/mol. The second kappa shape index (κ2) is 10.2. The van der Waals surface area contributed by atoms with Crippen LogP contribution >= 0.6 is 23.2 Å². The summed E-state index contributed by atoms with van der Waals surface area (Å²) in [6, 6.07) is 13.2. The van der Waals surface area contributed by atoms with E-state index in [2.05, 4.69) is 10.6 Å². The van der Waals surface area contributed by atoms with Gasteiger partial charge < -0.3 is 20.3 Å². The van der Waals surface area contributed by atoms with Gasteiger partial charge in [-0.2, -0.15) is 0 Å². The second-order valence-electron chi connectivity index (χ2n) is 11.6. The summed E-state index contributed by atoms with van der Waals surface area (Å²) in [5, 5.41) is 6.84. The number of hydrogen-bond acceptors (Lipinski definition) is 4. The summed E-state index contributed by atoms with van der Waals surface area (Å²) in [7, 11) is 0. The number of hydrogen-bond donors (Lipinski definition) is 2. The molecule has 2 aromatic carbocycles. The maximum absolute atomic E-state index is 14.4. The Morgan fingerprint density at radius 1 is 1.00 bits per heavy atom. The molecule has 3 amide bonds. The van der Waals surface area contributed by atoms with Crippen molar-refractivity contribution in [3.63, 3.8) is 0 Å². The molecule has 2 N–H and O–H groups in total. The molecular weight excluding hydrogens is 549 g/mol. The highest BCUT2D eigenvalue weighted by molar-refractivity contribution is 6.42. The molecule has 9 heteroatoms. The molecule has 3 heterocycles. The molecule has 7 nitrogen and oxygen atoms in total. The van der Waals surface area contributed by atoms with Crippen molar-refractivity contribution in [2.75, 3.05) is 5.32 Å². The van der Waals surface area contributed by atoms with E-state index in [1.807, 2.05) is 56.3 Å². The number of likely N-dealkylation sites (tertiary alicyclic amines) is 1. The number of carbonyl (C=O) groups excluding carboxylic acids is 3. The first-order chi connectivity index (χ1) is 19.1. The van der Waals surface area contributed by atoms with Crippen LogP contribution in [0, 0.1) is 11.8 Å². The Hall–Kier alpha value is -2.87. The van der Waals surface area contributed by atoms with Crippen LogP contribution in [0.4, 0.5) is 5.69 Å². The fraction of sp³-hybridized carbons (Fsp3) is 0.452. The summed E-state index contributed by atoms with van der Waals surface area (Å²) in [6.07, 6.45) is 8.82. The number of rotatable bonds is 6. The molecule has 6 rings (SSSR count). The summed E-state index contributed by atoms with van der Waals surface area (Å²) in [6.45, 7) is 3.73. The largest absolute Gasteiger partial charge is 0.356 e. The topological polar surface area (TPSA) is 87.7 Å². The van der Waals surface area contributed by atoms with Crippen LogP contribution in [-0.2, 0) is 19.1 Å². The van der Waals surface area contributed by atoms with Gasteiger partial charge in [0, 0.05) is 11.7 Å². The van der Waals surface area contributed by atoms with E-state index >= 15 is 0 Å². The molecule has 2 saturated heterocycles. The van der Waals surface area contributed by atoms with Crippen LogP contribution in [0.5, 0.6) is 0 Å².